The van der Waals surface area contributed by atoms with Crippen molar-refractivity contribution >= 4 is 12.9 Å². The van der Waals surface area contributed by atoms with Crippen molar-refractivity contribution in [2.75, 3.05) is 0 Å². The van der Waals surface area contributed by atoms with E-state index < -0.39 is 5.60 Å². The number of carbonyl (C=O) groups excluding carboxylic acids is 1. The Bertz CT molecular complexity index is 406. The number of hydrogen-bond donors (Lipinski definition) is 0. The minimum Gasteiger partial charge on any atom is -0.401 e. The molecule has 1 aromatic rings. The summed E-state index contributed by atoms with van der Waals surface area (Å²) in [6.45, 7) is 5.35. The van der Waals surface area contributed by atoms with Crippen LogP contribution in [-0.2, 0) is 14.1 Å². The number of rotatable bonds is 3. The molecule has 0 spiro atoms. The van der Waals surface area contributed by atoms with Gasteiger partial charge in [0, 0.05) is 0 Å². The normalized spacial score (nSPS) is 28.4. The number of ketones is 1. The lowest BCUT2D eigenvalue weighted by Gasteiger charge is -2.27. The monoisotopic (exact) mass is 232 g/mol. The smallest absolute Gasteiger partial charge is 0.401 e. The van der Waals surface area contributed by atoms with Crippen molar-refractivity contribution < 1.29 is 14.1 Å². The Balaban J connectivity index is 2.34. The lowest BCUT2D eigenvalue weighted by atomic mass is 9.86. The van der Waals surface area contributed by atoms with Gasteiger partial charge < -0.3 is 9.31 Å². The van der Waals surface area contributed by atoms with Crippen LogP contribution in [0.15, 0.2) is 30.3 Å². The summed E-state index contributed by atoms with van der Waals surface area (Å²) in [6.07, 6.45) is 0.429. The maximum Gasteiger partial charge on any atom is 0.457 e. The van der Waals surface area contributed by atoms with Crippen LogP contribution in [0.25, 0.3) is 0 Å². The van der Waals surface area contributed by atoms with Gasteiger partial charge in [-0.2, -0.15) is 0 Å². The Morgan fingerprint density at radius 1 is 1.41 bits per heavy atom. The van der Waals surface area contributed by atoms with Crippen molar-refractivity contribution in [2.24, 2.45) is 0 Å². The number of benzene rings is 1. The van der Waals surface area contributed by atoms with Crippen LogP contribution in [0.5, 0.6) is 0 Å². The topological polar surface area (TPSA) is 35.5 Å². The van der Waals surface area contributed by atoms with E-state index in [0.29, 0.717) is 0 Å². The highest BCUT2D eigenvalue weighted by atomic mass is 16.7. The van der Waals surface area contributed by atoms with Crippen LogP contribution in [-0.4, -0.2) is 18.5 Å². The molecule has 1 aliphatic rings. The first-order valence-electron chi connectivity index (χ1n) is 5.97. The molecule has 1 aliphatic heterocycles. The largest absolute Gasteiger partial charge is 0.457 e. The average Bonchev–Trinajstić information content (AvgIpc) is 2.69. The Labute approximate surface area is 102 Å². The summed E-state index contributed by atoms with van der Waals surface area (Å²) in [5, 5.41) is 0. The van der Waals surface area contributed by atoms with E-state index in [1.165, 1.54) is 0 Å². The van der Waals surface area contributed by atoms with Crippen molar-refractivity contribution in [1.29, 1.82) is 0 Å². The maximum atomic E-state index is 11.8. The maximum absolute atomic E-state index is 11.8. The van der Waals surface area contributed by atoms with Gasteiger partial charge in [-0.3, -0.25) is 4.79 Å². The first-order chi connectivity index (χ1) is 8.08. The quantitative estimate of drug-likeness (QED) is 0.751. The van der Waals surface area contributed by atoms with Crippen LogP contribution in [0.2, 0.25) is 6.32 Å². The zero-order chi connectivity index (χ0) is 12.5. The molecule has 2 rings (SSSR count). The van der Waals surface area contributed by atoms with E-state index in [-0.39, 0.29) is 19.0 Å². The highest BCUT2D eigenvalue weighted by molar-refractivity contribution is 6.45. The minimum absolute atomic E-state index is 0.00213. The van der Waals surface area contributed by atoms with Gasteiger partial charge in [0.25, 0.3) is 0 Å². The average molecular weight is 232 g/mol. The molecule has 4 heteroatoms. The van der Waals surface area contributed by atoms with Gasteiger partial charge in [-0.15, -0.1) is 0 Å². The molecular weight excluding hydrogens is 215 g/mol. The summed E-state index contributed by atoms with van der Waals surface area (Å²) in [6, 6.07) is 9.76. The molecule has 3 nitrogen and oxygen atoms in total. The van der Waals surface area contributed by atoms with E-state index in [1.807, 2.05) is 44.2 Å². The van der Waals surface area contributed by atoms with Crippen LogP contribution >= 0.6 is 0 Å². The van der Waals surface area contributed by atoms with Crippen LogP contribution in [0, 0.1) is 0 Å². The summed E-state index contributed by atoms with van der Waals surface area (Å²) < 4.78 is 11.6. The third kappa shape index (κ3) is 2.15. The first-order valence-corrected chi connectivity index (χ1v) is 5.97. The molecule has 0 N–H and O–H groups in total. The molecule has 0 saturated carbocycles. The Morgan fingerprint density at radius 2 is 2.06 bits per heavy atom. The second kappa shape index (κ2) is 4.63. The van der Waals surface area contributed by atoms with Crippen molar-refractivity contribution in [3.63, 3.8) is 0 Å². The van der Waals surface area contributed by atoms with E-state index in [9.17, 15) is 4.79 Å². The molecule has 17 heavy (non-hydrogen) atoms. The molecule has 2 atom stereocenters. The Kier molecular flexibility index (Phi) is 3.36. The molecular formula is C13H17BO3. The summed E-state index contributed by atoms with van der Waals surface area (Å²) in [5.74, 6) is 0.00213. The van der Waals surface area contributed by atoms with Crippen LogP contribution < -0.4 is 0 Å². The SMILES string of the molecule is CCB1OC(c2ccccc2)C(C)(C(C)=O)O1. The molecule has 1 fully saturated rings. The van der Waals surface area contributed by atoms with Crippen molar-refractivity contribution in [3.8, 4) is 0 Å². The van der Waals surface area contributed by atoms with E-state index >= 15 is 0 Å². The predicted molar refractivity (Wildman–Crippen MR) is 66.7 cm³/mol. The molecule has 90 valence electrons. The molecule has 0 radical (unpaired) electrons. The van der Waals surface area contributed by atoms with Crippen molar-refractivity contribution in [1.82, 2.24) is 0 Å². The summed E-state index contributed by atoms with van der Waals surface area (Å²) in [4.78, 5) is 11.8. The fourth-order valence-electron chi connectivity index (χ4n) is 2.12. The van der Waals surface area contributed by atoms with Gasteiger partial charge in [-0.25, -0.2) is 0 Å². The Morgan fingerprint density at radius 3 is 2.59 bits per heavy atom. The zero-order valence-electron chi connectivity index (χ0n) is 10.5. The lowest BCUT2D eigenvalue weighted by Crippen LogP contribution is -2.39. The first kappa shape index (κ1) is 12.3. The molecule has 1 heterocycles. The number of Topliss-reactive ketones (excluding diaryl/α,β-unsaturated/α-hetero) is 1. The molecule has 1 aromatic carbocycles. The number of hydrogen-bond acceptors (Lipinski definition) is 3. The molecule has 0 aromatic heterocycles. The highest BCUT2D eigenvalue weighted by Gasteiger charge is 2.51. The van der Waals surface area contributed by atoms with Crippen LogP contribution in [0.1, 0.15) is 32.4 Å². The molecule has 0 aliphatic carbocycles. The third-order valence-electron chi connectivity index (χ3n) is 3.30. The van der Waals surface area contributed by atoms with Gasteiger partial charge >= 0.3 is 7.12 Å². The number of carbonyl (C=O) groups is 1. The molecule has 0 bridgehead atoms. The van der Waals surface area contributed by atoms with E-state index in [1.54, 1.807) is 6.92 Å². The van der Waals surface area contributed by atoms with Crippen LogP contribution in [0.3, 0.4) is 0 Å². The Hall–Kier alpha value is -1.13. The van der Waals surface area contributed by atoms with E-state index in [0.717, 1.165) is 11.9 Å². The van der Waals surface area contributed by atoms with E-state index in [4.69, 9.17) is 9.31 Å². The molecule has 2 unspecified atom stereocenters. The lowest BCUT2D eigenvalue weighted by molar-refractivity contribution is -0.133. The van der Waals surface area contributed by atoms with Gasteiger partial charge in [0.2, 0.25) is 0 Å². The second-order valence-electron chi connectivity index (χ2n) is 4.55. The fourth-order valence-corrected chi connectivity index (χ4v) is 2.12. The predicted octanol–water partition coefficient (Wildman–Crippen LogP) is 2.63. The van der Waals surface area contributed by atoms with Crippen molar-refractivity contribution in [2.45, 2.75) is 38.8 Å². The second-order valence-corrected chi connectivity index (χ2v) is 4.55. The summed E-state index contributed by atoms with van der Waals surface area (Å²) >= 11 is 0. The fraction of sp³-hybridized carbons (Fsp3) is 0.462. The van der Waals surface area contributed by atoms with Gasteiger partial charge in [-0.1, -0.05) is 37.3 Å². The van der Waals surface area contributed by atoms with E-state index in [2.05, 4.69) is 0 Å². The van der Waals surface area contributed by atoms with Crippen molar-refractivity contribution in [3.05, 3.63) is 35.9 Å². The van der Waals surface area contributed by atoms with Gasteiger partial charge in [0.15, 0.2) is 5.78 Å². The van der Waals surface area contributed by atoms with Gasteiger partial charge in [0.1, 0.15) is 11.7 Å². The van der Waals surface area contributed by atoms with Crippen LogP contribution in [0.4, 0.5) is 0 Å². The third-order valence-corrected chi connectivity index (χ3v) is 3.30. The summed E-state index contributed by atoms with van der Waals surface area (Å²) in [5.41, 5.74) is 0.114. The zero-order valence-corrected chi connectivity index (χ0v) is 10.5. The summed E-state index contributed by atoms with van der Waals surface area (Å²) in [7, 11) is -0.297. The standard InChI is InChI=1S/C13H17BO3/c1-4-14-16-12(11-8-6-5-7-9-11)13(3,17-14)10(2)15/h5-9,12H,4H2,1-3H3. The molecule has 0 amide bonds. The molecule has 1 saturated heterocycles. The highest BCUT2D eigenvalue weighted by Crippen LogP contribution is 2.40. The van der Waals surface area contributed by atoms with Gasteiger partial charge in [0.05, 0.1) is 0 Å². The minimum atomic E-state index is -0.873. The van der Waals surface area contributed by atoms with Gasteiger partial charge in [-0.05, 0) is 25.7 Å².